The van der Waals surface area contributed by atoms with Crippen LogP contribution in [-0.2, 0) is 4.79 Å². The normalized spacial score (nSPS) is 11.1. The van der Waals surface area contributed by atoms with E-state index in [1.54, 1.807) is 24.9 Å². The number of methoxy groups -OCH3 is 2. The summed E-state index contributed by atoms with van der Waals surface area (Å²) in [4.78, 5) is 17.3. The molecule has 0 saturated carbocycles. The van der Waals surface area contributed by atoms with Crippen LogP contribution in [-0.4, -0.2) is 40.5 Å². The van der Waals surface area contributed by atoms with Crippen molar-refractivity contribution in [1.82, 2.24) is 14.6 Å². The van der Waals surface area contributed by atoms with E-state index in [1.165, 1.54) is 17.3 Å². The lowest BCUT2D eigenvalue weighted by Crippen LogP contribution is -2.14. The molecule has 0 atom stereocenters. The lowest BCUT2D eigenvalue weighted by molar-refractivity contribution is -0.113. The van der Waals surface area contributed by atoms with Gasteiger partial charge in [-0.3, -0.25) is 4.79 Å². The highest BCUT2D eigenvalue weighted by atomic mass is 32.2. The number of nitrogens with one attached hydrogen (secondary N) is 1. The van der Waals surface area contributed by atoms with Crippen LogP contribution >= 0.6 is 11.8 Å². The van der Waals surface area contributed by atoms with E-state index in [1.807, 2.05) is 55.5 Å². The zero-order chi connectivity index (χ0) is 24.2. The lowest BCUT2D eigenvalue weighted by atomic mass is 10.0. The Morgan fingerprint density at radius 2 is 1.79 bits per heavy atom. The zero-order valence-electron chi connectivity index (χ0n) is 20.0. The fourth-order valence-corrected chi connectivity index (χ4v) is 4.51. The summed E-state index contributed by atoms with van der Waals surface area (Å²) in [7, 11) is 3.22. The van der Waals surface area contributed by atoms with Gasteiger partial charge in [-0.15, -0.1) is 0 Å². The maximum atomic E-state index is 12.6. The van der Waals surface area contributed by atoms with Crippen molar-refractivity contribution in [3.63, 3.8) is 0 Å². The third-order valence-electron chi connectivity index (χ3n) is 5.47. The number of aryl methyl sites for hydroxylation is 1. The molecular formula is C26H28N4O3S. The maximum Gasteiger partial charge on any atom is 0.234 e. The molecule has 0 aliphatic rings. The molecule has 2 aromatic carbocycles. The quantitative estimate of drug-likeness (QED) is 0.264. The molecular weight excluding hydrogens is 448 g/mol. The summed E-state index contributed by atoms with van der Waals surface area (Å²) in [5, 5.41) is 8.36. The molecule has 34 heavy (non-hydrogen) atoms. The van der Waals surface area contributed by atoms with Crippen molar-refractivity contribution in [3.8, 4) is 22.6 Å². The highest BCUT2D eigenvalue weighted by Gasteiger charge is 2.15. The molecule has 176 valence electrons. The van der Waals surface area contributed by atoms with Crippen molar-refractivity contribution in [1.29, 1.82) is 0 Å². The summed E-state index contributed by atoms with van der Waals surface area (Å²) in [6, 6.07) is 15.6. The van der Waals surface area contributed by atoms with E-state index in [0.717, 1.165) is 33.2 Å². The topological polar surface area (TPSA) is 77.8 Å². The third kappa shape index (κ3) is 5.02. The van der Waals surface area contributed by atoms with Crippen LogP contribution in [0.3, 0.4) is 0 Å². The Morgan fingerprint density at radius 3 is 2.47 bits per heavy atom. The van der Waals surface area contributed by atoms with Gasteiger partial charge in [0.25, 0.3) is 0 Å². The van der Waals surface area contributed by atoms with Gasteiger partial charge in [0, 0.05) is 16.9 Å². The van der Waals surface area contributed by atoms with Gasteiger partial charge in [0.15, 0.2) is 17.1 Å². The first kappa shape index (κ1) is 23.6. The van der Waals surface area contributed by atoms with Gasteiger partial charge >= 0.3 is 0 Å². The van der Waals surface area contributed by atoms with Gasteiger partial charge in [-0.05, 0) is 54.3 Å². The van der Waals surface area contributed by atoms with E-state index in [0.29, 0.717) is 17.4 Å². The van der Waals surface area contributed by atoms with Crippen LogP contribution in [0.1, 0.15) is 31.0 Å². The molecule has 8 heteroatoms. The molecule has 0 fully saturated rings. The van der Waals surface area contributed by atoms with E-state index in [-0.39, 0.29) is 11.7 Å². The van der Waals surface area contributed by atoms with Gasteiger partial charge in [-0.2, -0.15) is 5.10 Å². The molecule has 4 rings (SSSR count). The van der Waals surface area contributed by atoms with Crippen molar-refractivity contribution in [2.45, 2.75) is 31.7 Å². The number of rotatable bonds is 8. The number of aromatic nitrogens is 3. The Bertz CT molecular complexity index is 1320. The number of carbonyl (C=O) groups is 1. The molecule has 1 amide bonds. The van der Waals surface area contributed by atoms with Crippen LogP contribution in [0.15, 0.2) is 59.8 Å². The fraction of sp³-hybridized carbons (Fsp3) is 0.269. The van der Waals surface area contributed by atoms with E-state index in [9.17, 15) is 4.79 Å². The summed E-state index contributed by atoms with van der Waals surface area (Å²) < 4.78 is 12.6. The standard InChI is InChI=1S/C26H28N4O3S/c1-16(2)18-6-9-20(10-7-18)29-24(31)15-34-25-12-17(3)28-26-21(14-27-30(25)26)19-8-11-22(32-4)23(13-19)33-5/h6-14,16H,15H2,1-5H3,(H,29,31). The maximum absolute atomic E-state index is 12.6. The van der Waals surface area contributed by atoms with Crippen molar-refractivity contribution >= 4 is 29.0 Å². The number of ether oxygens (including phenoxy) is 2. The van der Waals surface area contributed by atoms with Crippen molar-refractivity contribution in [2.75, 3.05) is 25.3 Å². The van der Waals surface area contributed by atoms with Crippen LogP contribution < -0.4 is 14.8 Å². The molecule has 2 aromatic heterocycles. The number of hydrogen-bond acceptors (Lipinski definition) is 6. The average Bonchev–Trinajstić information content (AvgIpc) is 3.26. The molecule has 2 heterocycles. The molecule has 0 aliphatic heterocycles. The fourth-order valence-electron chi connectivity index (χ4n) is 3.65. The lowest BCUT2D eigenvalue weighted by Gasteiger charge is -2.10. The largest absolute Gasteiger partial charge is 0.493 e. The minimum absolute atomic E-state index is 0.0721. The monoisotopic (exact) mass is 476 g/mol. The second kappa shape index (κ2) is 10.2. The first-order valence-corrected chi connectivity index (χ1v) is 12.0. The molecule has 7 nitrogen and oxygen atoms in total. The van der Waals surface area contributed by atoms with Gasteiger partial charge < -0.3 is 14.8 Å². The van der Waals surface area contributed by atoms with E-state index < -0.39 is 0 Å². The van der Waals surface area contributed by atoms with Gasteiger partial charge in [0.05, 0.1) is 26.2 Å². The highest BCUT2D eigenvalue weighted by molar-refractivity contribution is 7.99. The molecule has 0 aliphatic carbocycles. The van der Waals surface area contributed by atoms with Gasteiger partial charge in [-0.1, -0.05) is 43.8 Å². The zero-order valence-corrected chi connectivity index (χ0v) is 20.8. The highest BCUT2D eigenvalue weighted by Crippen LogP contribution is 2.34. The predicted molar refractivity (Wildman–Crippen MR) is 136 cm³/mol. The van der Waals surface area contributed by atoms with Crippen molar-refractivity contribution < 1.29 is 14.3 Å². The van der Waals surface area contributed by atoms with Gasteiger partial charge in [-0.25, -0.2) is 9.50 Å². The second-order valence-corrected chi connectivity index (χ2v) is 9.21. The van der Waals surface area contributed by atoms with E-state index >= 15 is 0 Å². The Hall–Kier alpha value is -3.52. The van der Waals surface area contributed by atoms with Crippen molar-refractivity contribution in [3.05, 3.63) is 66.0 Å². The number of benzene rings is 2. The number of hydrogen-bond donors (Lipinski definition) is 1. The van der Waals surface area contributed by atoms with Crippen LogP contribution in [0.25, 0.3) is 16.8 Å². The summed E-state index contributed by atoms with van der Waals surface area (Å²) in [6.45, 7) is 6.23. The Morgan fingerprint density at radius 1 is 1.06 bits per heavy atom. The number of carbonyl (C=O) groups excluding carboxylic acids is 1. The number of amides is 1. The summed E-state index contributed by atoms with van der Waals surface area (Å²) in [6.07, 6.45) is 1.78. The summed E-state index contributed by atoms with van der Waals surface area (Å²) >= 11 is 1.43. The van der Waals surface area contributed by atoms with Crippen LogP contribution in [0.5, 0.6) is 11.5 Å². The first-order chi connectivity index (χ1) is 16.4. The molecule has 1 N–H and O–H groups in total. The average molecular weight is 477 g/mol. The third-order valence-corrected chi connectivity index (χ3v) is 6.47. The minimum atomic E-state index is -0.0721. The SMILES string of the molecule is COc1ccc(-c2cnn3c(SCC(=O)Nc4ccc(C(C)C)cc4)cc(C)nc23)cc1OC. The van der Waals surface area contributed by atoms with Crippen LogP contribution in [0.2, 0.25) is 0 Å². The first-order valence-electron chi connectivity index (χ1n) is 11.0. The Balaban J connectivity index is 1.54. The van der Waals surface area contributed by atoms with Crippen LogP contribution in [0, 0.1) is 6.92 Å². The molecule has 0 unspecified atom stereocenters. The predicted octanol–water partition coefficient (Wildman–Crippen LogP) is 5.58. The summed E-state index contributed by atoms with van der Waals surface area (Å²) in [5.41, 5.74) is 5.40. The molecule has 0 bridgehead atoms. The Kier molecular flexibility index (Phi) is 7.07. The number of thioether (sulfide) groups is 1. The van der Waals surface area contributed by atoms with Gasteiger partial charge in [0.1, 0.15) is 5.03 Å². The van der Waals surface area contributed by atoms with Gasteiger partial charge in [0.2, 0.25) is 5.91 Å². The Labute approximate surface area is 203 Å². The molecule has 0 saturated heterocycles. The molecule has 4 aromatic rings. The number of fused-ring (bicyclic) bond motifs is 1. The molecule has 0 radical (unpaired) electrons. The van der Waals surface area contributed by atoms with E-state index in [2.05, 4.69) is 24.3 Å². The second-order valence-electron chi connectivity index (χ2n) is 8.21. The van der Waals surface area contributed by atoms with Crippen molar-refractivity contribution in [2.24, 2.45) is 0 Å². The minimum Gasteiger partial charge on any atom is -0.493 e. The van der Waals surface area contributed by atoms with Crippen LogP contribution in [0.4, 0.5) is 5.69 Å². The summed E-state index contributed by atoms with van der Waals surface area (Å²) in [5.74, 6) is 1.94. The smallest absolute Gasteiger partial charge is 0.234 e. The number of anilines is 1. The molecule has 0 spiro atoms. The number of nitrogens with zero attached hydrogens (tertiary/aromatic N) is 3. The van der Waals surface area contributed by atoms with E-state index in [4.69, 9.17) is 14.5 Å².